The van der Waals surface area contributed by atoms with Crippen LogP contribution in [0.3, 0.4) is 0 Å². The van der Waals surface area contributed by atoms with E-state index in [0.717, 1.165) is 5.39 Å². The van der Waals surface area contributed by atoms with E-state index in [1.165, 1.54) is 0 Å². The van der Waals surface area contributed by atoms with Crippen LogP contribution in [0.2, 0.25) is 0 Å². The molecule has 1 aromatic carbocycles. The molecule has 1 aromatic heterocycles. The Morgan fingerprint density at radius 3 is 2.86 bits per heavy atom. The minimum Gasteiger partial charge on any atom is -0.497 e. The third-order valence-electron chi connectivity index (χ3n) is 3.43. The van der Waals surface area contributed by atoms with Crippen molar-refractivity contribution in [2.75, 3.05) is 13.7 Å². The normalized spacial score (nSPS) is 12.1. The lowest BCUT2D eigenvalue weighted by molar-refractivity contribution is -0.121. The fraction of sp³-hybridized carbons (Fsp3) is 0.375. The van der Waals surface area contributed by atoms with Gasteiger partial charge < -0.3 is 20.1 Å². The van der Waals surface area contributed by atoms with Crippen molar-refractivity contribution in [1.29, 1.82) is 0 Å². The summed E-state index contributed by atoms with van der Waals surface area (Å²) < 4.78 is 5.12. The Balaban J connectivity index is 2.13. The molecule has 0 radical (unpaired) electrons. The van der Waals surface area contributed by atoms with Crippen molar-refractivity contribution in [3.8, 4) is 5.75 Å². The zero-order valence-electron chi connectivity index (χ0n) is 12.7. The number of methoxy groups -OCH3 is 1. The van der Waals surface area contributed by atoms with Crippen LogP contribution in [-0.4, -0.2) is 35.8 Å². The molecule has 2 aromatic rings. The van der Waals surface area contributed by atoms with Crippen molar-refractivity contribution >= 4 is 16.8 Å². The number of aliphatic hydroxyl groups excluding tert-OH is 1. The number of H-pyrrole nitrogens is 1. The zero-order chi connectivity index (χ0) is 16.1. The molecule has 0 fully saturated rings. The zero-order valence-corrected chi connectivity index (χ0v) is 12.7. The van der Waals surface area contributed by atoms with Gasteiger partial charge in [-0.1, -0.05) is 0 Å². The topological polar surface area (TPSA) is 91.4 Å². The Bertz CT molecular complexity index is 724. The number of benzene rings is 1. The van der Waals surface area contributed by atoms with E-state index in [2.05, 4.69) is 10.3 Å². The first-order valence-electron chi connectivity index (χ1n) is 7.13. The Hall–Kier alpha value is -2.34. The summed E-state index contributed by atoms with van der Waals surface area (Å²) >= 11 is 0. The molecule has 6 nitrogen and oxygen atoms in total. The molecule has 0 saturated heterocycles. The van der Waals surface area contributed by atoms with Gasteiger partial charge in [-0.15, -0.1) is 0 Å². The number of ether oxygens (including phenoxy) is 1. The van der Waals surface area contributed by atoms with Crippen LogP contribution in [0.4, 0.5) is 0 Å². The number of fused-ring (bicyclic) bond motifs is 1. The number of carbonyl (C=O) groups is 1. The molecule has 1 heterocycles. The molecule has 3 N–H and O–H groups in total. The van der Waals surface area contributed by atoms with Gasteiger partial charge in [-0.3, -0.25) is 9.59 Å². The monoisotopic (exact) mass is 304 g/mol. The predicted molar refractivity (Wildman–Crippen MR) is 84.1 cm³/mol. The van der Waals surface area contributed by atoms with Crippen molar-refractivity contribution < 1.29 is 14.6 Å². The van der Waals surface area contributed by atoms with Gasteiger partial charge in [-0.05, 0) is 36.9 Å². The fourth-order valence-electron chi connectivity index (χ4n) is 2.18. The lowest BCUT2D eigenvalue weighted by atomic mass is 10.1. The molecule has 22 heavy (non-hydrogen) atoms. The van der Waals surface area contributed by atoms with Crippen molar-refractivity contribution in [3.05, 3.63) is 40.2 Å². The molecule has 0 spiro atoms. The third kappa shape index (κ3) is 3.85. The number of carbonyl (C=O) groups excluding carboxylic acids is 1. The van der Waals surface area contributed by atoms with Gasteiger partial charge in [0.25, 0.3) is 5.56 Å². The van der Waals surface area contributed by atoms with Gasteiger partial charge in [0, 0.05) is 24.1 Å². The minimum absolute atomic E-state index is 0.107. The number of aliphatic hydroxyl groups is 1. The second-order valence-electron chi connectivity index (χ2n) is 5.23. The third-order valence-corrected chi connectivity index (χ3v) is 3.43. The van der Waals surface area contributed by atoms with Gasteiger partial charge in [-0.25, -0.2) is 0 Å². The Morgan fingerprint density at radius 1 is 1.41 bits per heavy atom. The summed E-state index contributed by atoms with van der Waals surface area (Å²) in [6.45, 7) is 1.61. The van der Waals surface area contributed by atoms with Crippen molar-refractivity contribution in [2.45, 2.75) is 25.8 Å². The summed E-state index contributed by atoms with van der Waals surface area (Å²) in [7, 11) is 1.57. The van der Waals surface area contributed by atoms with Crippen LogP contribution < -0.4 is 15.6 Å². The van der Waals surface area contributed by atoms with Gasteiger partial charge >= 0.3 is 0 Å². The maximum atomic E-state index is 12.1. The second kappa shape index (κ2) is 7.09. The molecule has 1 atom stereocenters. The number of pyridine rings is 1. The average molecular weight is 304 g/mol. The molecule has 118 valence electrons. The van der Waals surface area contributed by atoms with Crippen molar-refractivity contribution in [2.24, 2.45) is 0 Å². The number of hydrogen-bond acceptors (Lipinski definition) is 4. The molecule has 1 amide bonds. The van der Waals surface area contributed by atoms with Crippen molar-refractivity contribution in [1.82, 2.24) is 10.3 Å². The molecular formula is C16H20N2O4. The van der Waals surface area contributed by atoms with Crippen molar-refractivity contribution in [3.63, 3.8) is 0 Å². The fourth-order valence-corrected chi connectivity index (χ4v) is 2.18. The molecule has 0 aliphatic rings. The van der Waals surface area contributed by atoms with E-state index >= 15 is 0 Å². The number of hydrogen-bond donors (Lipinski definition) is 3. The molecular weight excluding hydrogens is 284 g/mol. The van der Waals surface area contributed by atoms with Gasteiger partial charge in [0.2, 0.25) is 5.91 Å². The van der Waals surface area contributed by atoms with Gasteiger partial charge in [0.05, 0.1) is 19.2 Å². The van der Waals surface area contributed by atoms with E-state index in [1.54, 1.807) is 26.2 Å². The summed E-state index contributed by atoms with van der Waals surface area (Å²) in [4.78, 5) is 26.6. The summed E-state index contributed by atoms with van der Waals surface area (Å²) in [5.74, 6) is 0.490. The lowest BCUT2D eigenvalue weighted by Crippen LogP contribution is -2.35. The van der Waals surface area contributed by atoms with Crippen LogP contribution in [0.25, 0.3) is 10.9 Å². The summed E-state index contributed by atoms with van der Waals surface area (Å²) in [6, 6.07) is 6.95. The van der Waals surface area contributed by atoms with E-state index in [-0.39, 0.29) is 30.5 Å². The van der Waals surface area contributed by atoms with Gasteiger partial charge in [-0.2, -0.15) is 0 Å². The van der Waals surface area contributed by atoms with Crippen LogP contribution in [-0.2, 0) is 11.2 Å². The van der Waals surface area contributed by atoms with E-state index in [9.17, 15) is 9.59 Å². The minimum atomic E-state index is -0.283. The summed E-state index contributed by atoms with van der Waals surface area (Å²) in [6.07, 6.45) is 0.552. The lowest BCUT2D eigenvalue weighted by Gasteiger charge is -2.10. The van der Waals surface area contributed by atoms with Gasteiger partial charge in [0.15, 0.2) is 0 Å². The number of amides is 1. The number of aromatic amines is 1. The molecule has 0 aliphatic carbocycles. The SMILES string of the molecule is COc1ccc2cc(CCC(=O)N[C@@H](C)CO)c(=O)[nH]c2c1. The maximum absolute atomic E-state index is 12.1. The Labute approximate surface area is 128 Å². The molecule has 0 unspecified atom stereocenters. The van der Waals surface area contributed by atoms with Crippen LogP contribution >= 0.6 is 0 Å². The molecule has 6 heteroatoms. The number of aryl methyl sites for hydroxylation is 1. The van der Waals surface area contributed by atoms with E-state index in [4.69, 9.17) is 9.84 Å². The van der Waals surface area contributed by atoms with Gasteiger partial charge in [0.1, 0.15) is 5.75 Å². The quantitative estimate of drug-likeness (QED) is 0.741. The van der Waals surface area contributed by atoms with E-state index < -0.39 is 0 Å². The second-order valence-corrected chi connectivity index (χ2v) is 5.23. The van der Waals surface area contributed by atoms with Crippen LogP contribution in [0.15, 0.2) is 29.1 Å². The summed E-state index contributed by atoms with van der Waals surface area (Å²) in [5.41, 5.74) is 1.06. The first-order chi connectivity index (χ1) is 10.5. The first-order valence-corrected chi connectivity index (χ1v) is 7.13. The highest BCUT2D eigenvalue weighted by molar-refractivity contribution is 5.81. The highest BCUT2D eigenvalue weighted by atomic mass is 16.5. The average Bonchev–Trinajstić information content (AvgIpc) is 2.52. The molecule has 0 saturated carbocycles. The van der Waals surface area contributed by atoms with Crippen LogP contribution in [0.1, 0.15) is 18.9 Å². The van der Waals surface area contributed by atoms with E-state index in [0.29, 0.717) is 23.3 Å². The van der Waals surface area contributed by atoms with Crippen LogP contribution in [0.5, 0.6) is 5.75 Å². The highest BCUT2D eigenvalue weighted by Crippen LogP contribution is 2.18. The largest absolute Gasteiger partial charge is 0.497 e. The van der Waals surface area contributed by atoms with E-state index in [1.807, 2.05) is 12.1 Å². The Morgan fingerprint density at radius 2 is 2.18 bits per heavy atom. The molecule has 0 aliphatic heterocycles. The standard InChI is InChI=1S/C16H20N2O4/c1-10(9-19)17-15(20)6-4-12-7-11-3-5-13(22-2)8-14(11)18-16(12)21/h3,5,7-8,10,19H,4,6,9H2,1-2H3,(H,17,20)(H,18,21)/t10-/m0/s1. The molecule has 2 rings (SSSR count). The highest BCUT2D eigenvalue weighted by Gasteiger charge is 2.09. The number of rotatable bonds is 6. The Kier molecular flexibility index (Phi) is 5.16. The van der Waals surface area contributed by atoms with Crippen LogP contribution in [0, 0.1) is 0 Å². The number of nitrogens with one attached hydrogen (secondary N) is 2. The smallest absolute Gasteiger partial charge is 0.251 e. The first kappa shape index (κ1) is 16.0. The maximum Gasteiger partial charge on any atom is 0.251 e. The predicted octanol–water partition coefficient (Wildman–Crippen LogP) is 0.966. The summed E-state index contributed by atoms with van der Waals surface area (Å²) in [5, 5.41) is 12.4. The number of aromatic nitrogens is 1. The molecule has 0 bridgehead atoms.